The first kappa shape index (κ1) is 24.7. The largest absolute Gasteiger partial charge is 0.478 e. The third-order valence-electron chi connectivity index (χ3n) is 2.47. The van der Waals surface area contributed by atoms with Gasteiger partial charge in [0.15, 0.2) is 0 Å². The quantitative estimate of drug-likeness (QED) is 0.725. The number of nitrogens with two attached hydrogens (primary N) is 1. The number of nitrogens with zero attached hydrogens (tertiary/aromatic N) is 1. The van der Waals surface area contributed by atoms with Gasteiger partial charge in [-0.15, -0.1) is 24.8 Å². The minimum atomic E-state index is -1.23. The van der Waals surface area contributed by atoms with Gasteiger partial charge in [0.2, 0.25) is 0 Å². The Morgan fingerprint density at radius 2 is 1.43 bits per heavy atom. The number of carbonyl (C=O) groups is 2. The predicted octanol–water partition coefficient (Wildman–Crippen LogP) is 2.17. The van der Waals surface area contributed by atoms with Crippen LogP contribution in [0, 0.1) is 0 Å². The molecule has 0 heterocycles. The average Bonchev–Trinajstić information content (AvgIpc) is 2.38. The van der Waals surface area contributed by atoms with E-state index in [0.717, 1.165) is 6.42 Å². The molecule has 1 rings (SSSR count). The summed E-state index contributed by atoms with van der Waals surface area (Å²) in [5.74, 6) is -2.46. The van der Waals surface area contributed by atoms with Gasteiger partial charge in [0, 0.05) is 0 Å². The van der Waals surface area contributed by atoms with Crippen molar-refractivity contribution >= 4 is 36.8 Å². The molecule has 4 N–H and O–H groups in total. The Morgan fingerprint density at radius 3 is 1.57 bits per heavy atom. The second-order valence-corrected chi connectivity index (χ2v) is 4.10. The van der Waals surface area contributed by atoms with E-state index in [1.807, 2.05) is 19.0 Å². The summed E-state index contributed by atoms with van der Waals surface area (Å²) in [6, 6.07) is 5.48. The summed E-state index contributed by atoms with van der Waals surface area (Å²) in [7, 11) is 3.96. The summed E-state index contributed by atoms with van der Waals surface area (Å²) in [5.41, 5.74) is 5.16. The number of aromatic carboxylic acids is 2. The van der Waals surface area contributed by atoms with Crippen LogP contribution in [0.4, 0.5) is 0 Å². The van der Waals surface area contributed by atoms with Gasteiger partial charge in [-0.3, -0.25) is 4.90 Å². The van der Waals surface area contributed by atoms with Gasteiger partial charge in [-0.25, -0.2) is 9.59 Å². The van der Waals surface area contributed by atoms with Gasteiger partial charge < -0.3 is 15.9 Å². The van der Waals surface area contributed by atoms with Crippen molar-refractivity contribution in [1.29, 1.82) is 0 Å². The van der Waals surface area contributed by atoms with Crippen LogP contribution in [-0.4, -0.2) is 47.3 Å². The van der Waals surface area contributed by atoms with Crippen molar-refractivity contribution in [3.05, 3.63) is 35.4 Å². The van der Waals surface area contributed by atoms with Crippen LogP contribution < -0.4 is 5.73 Å². The van der Waals surface area contributed by atoms with E-state index in [-0.39, 0.29) is 42.1 Å². The molecule has 0 bridgehead atoms. The molecule has 0 aliphatic carbocycles. The van der Waals surface area contributed by atoms with E-state index in [4.69, 9.17) is 15.9 Å². The summed E-state index contributed by atoms with van der Waals surface area (Å²) in [6.45, 7) is 2.07. The summed E-state index contributed by atoms with van der Waals surface area (Å²) < 4.78 is 0. The Hall–Kier alpha value is -1.34. The van der Waals surface area contributed by atoms with E-state index in [9.17, 15) is 9.59 Å². The van der Waals surface area contributed by atoms with Gasteiger partial charge in [-0.2, -0.15) is 0 Å². The minimum absolute atomic E-state index is 0. The lowest BCUT2D eigenvalue weighted by molar-refractivity contribution is 0.0651. The molecule has 0 radical (unpaired) electrons. The SMILES string of the molecule is CCC(N)N(C)C.Cl.Cl.O=C(O)c1ccccc1C(=O)O. The van der Waals surface area contributed by atoms with E-state index < -0.39 is 11.9 Å². The van der Waals surface area contributed by atoms with E-state index in [0.29, 0.717) is 0 Å². The molecule has 1 unspecified atom stereocenters. The van der Waals surface area contributed by atoms with Crippen LogP contribution in [0.25, 0.3) is 0 Å². The lowest BCUT2D eigenvalue weighted by Gasteiger charge is -2.16. The summed E-state index contributed by atoms with van der Waals surface area (Å²) in [6.07, 6.45) is 1.26. The topological polar surface area (TPSA) is 104 Å². The van der Waals surface area contributed by atoms with E-state index in [1.54, 1.807) is 0 Å². The molecule has 1 aromatic carbocycles. The maximum absolute atomic E-state index is 10.5. The Bertz CT molecular complexity index is 409. The van der Waals surface area contributed by atoms with Crippen molar-refractivity contribution in [3.63, 3.8) is 0 Å². The van der Waals surface area contributed by atoms with Gasteiger partial charge in [-0.05, 0) is 32.6 Å². The monoisotopic (exact) mass is 340 g/mol. The van der Waals surface area contributed by atoms with Crippen LogP contribution in [0.5, 0.6) is 0 Å². The normalized spacial score (nSPS) is 10.3. The van der Waals surface area contributed by atoms with Crippen molar-refractivity contribution in [2.75, 3.05) is 14.1 Å². The molecule has 0 aliphatic rings. The molecule has 6 nitrogen and oxygen atoms in total. The fourth-order valence-electron chi connectivity index (χ4n) is 1.22. The third kappa shape index (κ3) is 9.25. The highest BCUT2D eigenvalue weighted by atomic mass is 35.5. The molecule has 0 saturated heterocycles. The molecular formula is C13H22Cl2N2O4. The zero-order valence-corrected chi connectivity index (χ0v) is 13.8. The average molecular weight is 341 g/mol. The highest BCUT2D eigenvalue weighted by Gasteiger charge is 2.13. The Labute approximate surface area is 136 Å². The lowest BCUT2D eigenvalue weighted by atomic mass is 10.1. The molecule has 21 heavy (non-hydrogen) atoms. The Balaban J connectivity index is -0.000000317. The number of hydrogen-bond donors (Lipinski definition) is 3. The highest BCUT2D eigenvalue weighted by Crippen LogP contribution is 2.07. The molecule has 0 aromatic heterocycles. The second kappa shape index (κ2) is 12.4. The van der Waals surface area contributed by atoms with Crippen molar-refractivity contribution < 1.29 is 19.8 Å². The minimum Gasteiger partial charge on any atom is -0.478 e. The standard InChI is InChI=1S/C8H6O4.C5H14N2.2ClH/c9-7(10)5-3-1-2-4-6(5)8(11)12;1-4-5(6)7(2)3;;/h1-4H,(H,9,10)(H,11,12);5H,4,6H2,1-3H3;2*1H. The fourth-order valence-corrected chi connectivity index (χ4v) is 1.22. The first-order chi connectivity index (χ1) is 8.81. The molecule has 122 valence electrons. The fraction of sp³-hybridized carbons (Fsp3) is 0.385. The number of rotatable bonds is 4. The molecular weight excluding hydrogens is 319 g/mol. The Kier molecular flexibility index (Phi) is 14.6. The second-order valence-electron chi connectivity index (χ2n) is 4.10. The number of benzene rings is 1. The van der Waals surface area contributed by atoms with E-state index in [1.165, 1.54) is 24.3 Å². The molecule has 0 aliphatic heterocycles. The van der Waals surface area contributed by atoms with Crippen LogP contribution in [0.3, 0.4) is 0 Å². The van der Waals surface area contributed by atoms with E-state index in [2.05, 4.69) is 6.92 Å². The van der Waals surface area contributed by atoms with Crippen LogP contribution in [-0.2, 0) is 0 Å². The van der Waals surface area contributed by atoms with Gasteiger partial charge in [0.25, 0.3) is 0 Å². The molecule has 0 fully saturated rings. The molecule has 8 heteroatoms. The van der Waals surface area contributed by atoms with Crippen molar-refractivity contribution in [2.24, 2.45) is 5.73 Å². The van der Waals surface area contributed by atoms with Crippen molar-refractivity contribution in [2.45, 2.75) is 19.5 Å². The number of hydrogen-bond acceptors (Lipinski definition) is 4. The number of halogens is 2. The summed E-state index contributed by atoms with van der Waals surface area (Å²) >= 11 is 0. The van der Waals surface area contributed by atoms with E-state index >= 15 is 0 Å². The number of carboxylic acids is 2. The predicted molar refractivity (Wildman–Crippen MR) is 86.8 cm³/mol. The van der Waals surface area contributed by atoms with Crippen LogP contribution in [0.2, 0.25) is 0 Å². The highest BCUT2D eigenvalue weighted by molar-refractivity contribution is 6.01. The van der Waals surface area contributed by atoms with Crippen molar-refractivity contribution in [3.8, 4) is 0 Å². The van der Waals surface area contributed by atoms with Gasteiger partial charge in [0.05, 0.1) is 17.3 Å². The molecule has 0 amide bonds. The van der Waals surface area contributed by atoms with Crippen LogP contribution >= 0.6 is 24.8 Å². The molecule has 1 atom stereocenters. The van der Waals surface area contributed by atoms with Crippen LogP contribution in [0.1, 0.15) is 34.1 Å². The maximum atomic E-state index is 10.5. The van der Waals surface area contributed by atoms with Gasteiger partial charge in [0.1, 0.15) is 0 Å². The summed E-state index contributed by atoms with van der Waals surface area (Å²) in [4.78, 5) is 22.9. The first-order valence-corrected chi connectivity index (χ1v) is 5.78. The molecule has 0 spiro atoms. The summed E-state index contributed by atoms with van der Waals surface area (Å²) in [5, 5.41) is 17.1. The lowest BCUT2D eigenvalue weighted by Crippen LogP contribution is -2.35. The van der Waals surface area contributed by atoms with Crippen molar-refractivity contribution in [1.82, 2.24) is 4.90 Å². The molecule has 1 aromatic rings. The zero-order chi connectivity index (χ0) is 15.0. The maximum Gasteiger partial charge on any atom is 0.336 e. The Morgan fingerprint density at radius 1 is 1.10 bits per heavy atom. The zero-order valence-electron chi connectivity index (χ0n) is 12.1. The number of carboxylic acid groups (broad SMARTS) is 2. The van der Waals surface area contributed by atoms with Crippen LogP contribution in [0.15, 0.2) is 24.3 Å². The molecule has 0 saturated carbocycles. The smallest absolute Gasteiger partial charge is 0.336 e. The first-order valence-electron chi connectivity index (χ1n) is 5.78. The van der Waals surface area contributed by atoms with Gasteiger partial charge >= 0.3 is 11.9 Å². The van der Waals surface area contributed by atoms with Gasteiger partial charge in [-0.1, -0.05) is 19.1 Å². The third-order valence-corrected chi connectivity index (χ3v) is 2.47.